The highest BCUT2D eigenvalue weighted by atomic mass is 15.2. The SMILES string of the molecule is CC1CCC(C(NN)C2CCCC2(C)C)CC1. The maximum absolute atomic E-state index is 5.89. The van der Waals surface area contributed by atoms with Crippen molar-refractivity contribution < 1.29 is 0 Å². The van der Waals surface area contributed by atoms with Crippen molar-refractivity contribution in [1.82, 2.24) is 5.43 Å². The Labute approximate surface area is 107 Å². The van der Waals surface area contributed by atoms with Crippen LogP contribution in [0.1, 0.15) is 65.7 Å². The van der Waals surface area contributed by atoms with Crippen molar-refractivity contribution in [3.63, 3.8) is 0 Å². The highest BCUT2D eigenvalue weighted by molar-refractivity contribution is 4.95. The molecule has 2 aliphatic rings. The van der Waals surface area contributed by atoms with E-state index in [-0.39, 0.29) is 0 Å². The molecule has 17 heavy (non-hydrogen) atoms. The van der Waals surface area contributed by atoms with E-state index in [2.05, 4.69) is 26.2 Å². The molecule has 2 nitrogen and oxygen atoms in total. The first-order valence-electron chi connectivity index (χ1n) is 7.50. The van der Waals surface area contributed by atoms with E-state index in [1.54, 1.807) is 0 Å². The normalized spacial score (nSPS) is 39.2. The first-order valence-corrected chi connectivity index (χ1v) is 7.50. The van der Waals surface area contributed by atoms with Crippen molar-refractivity contribution in [3.8, 4) is 0 Å². The van der Waals surface area contributed by atoms with Crippen LogP contribution in [-0.2, 0) is 0 Å². The maximum atomic E-state index is 5.89. The Bertz CT molecular complexity index is 241. The lowest BCUT2D eigenvalue weighted by Crippen LogP contribution is -2.49. The fourth-order valence-electron chi connectivity index (χ4n) is 4.25. The third-order valence-electron chi connectivity index (χ3n) is 5.53. The van der Waals surface area contributed by atoms with Crippen LogP contribution in [-0.4, -0.2) is 6.04 Å². The monoisotopic (exact) mass is 238 g/mol. The number of nitrogens with one attached hydrogen (secondary N) is 1. The van der Waals surface area contributed by atoms with Gasteiger partial charge in [0.1, 0.15) is 0 Å². The number of hydrogen-bond acceptors (Lipinski definition) is 2. The molecular weight excluding hydrogens is 208 g/mol. The van der Waals surface area contributed by atoms with Gasteiger partial charge in [0.15, 0.2) is 0 Å². The summed E-state index contributed by atoms with van der Waals surface area (Å²) in [5, 5.41) is 0. The molecule has 2 atom stereocenters. The average molecular weight is 238 g/mol. The van der Waals surface area contributed by atoms with Crippen LogP contribution in [0.5, 0.6) is 0 Å². The predicted octanol–water partition coefficient (Wildman–Crippen LogP) is 3.47. The smallest absolute Gasteiger partial charge is 0.0272 e. The summed E-state index contributed by atoms with van der Waals surface area (Å²) in [5.41, 5.74) is 3.67. The fourth-order valence-corrected chi connectivity index (χ4v) is 4.25. The summed E-state index contributed by atoms with van der Waals surface area (Å²) in [5.74, 6) is 8.42. The van der Waals surface area contributed by atoms with Gasteiger partial charge in [-0.15, -0.1) is 0 Å². The topological polar surface area (TPSA) is 38.0 Å². The van der Waals surface area contributed by atoms with Crippen LogP contribution in [0, 0.1) is 23.2 Å². The molecule has 2 aliphatic carbocycles. The second-order valence-electron chi connectivity index (χ2n) is 7.20. The van der Waals surface area contributed by atoms with E-state index >= 15 is 0 Å². The highest BCUT2D eigenvalue weighted by Gasteiger charge is 2.42. The zero-order valence-electron chi connectivity index (χ0n) is 11.8. The lowest BCUT2D eigenvalue weighted by atomic mass is 9.69. The summed E-state index contributed by atoms with van der Waals surface area (Å²) >= 11 is 0. The average Bonchev–Trinajstić information content (AvgIpc) is 2.63. The van der Waals surface area contributed by atoms with E-state index in [9.17, 15) is 0 Å². The lowest BCUT2D eigenvalue weighted by molar-refractivity contribution is 0.121. The molecule has 0 aromatic heterocycles. The summed E-state index contributed by atoms with van der Waals surface area (Å²) in [6.07, 6.45) is 9.68. The second kappa shape index (κ2) is 5.27. The number of hydrazine groups is 1. The van der Waals surface area contributed by atoms with Gasteiger partial charge in [-0.1, -0.05) is 40.0 Å². The van der Waals surface area contributed by atoms with E-state index < -0.39 is 0 Å². The molecule has 2 unspecified atom stereocenters. The fraction of sp³-hybridized carbons (Fsp3) is 1.00. The first-order chi connectivity index (χ1) is 8.04. The molecule has 2 heteroatoms. The van der Waals surface area contributed by atoms with Gasteiger partial charge in [-0.05, 0) is 48.9 Å². The van der Waals surface area contributed by atoms with Crippen LogP contribution in [0.2, 0.25) is 0 Å². The van der Waals surface area contributed by atoms with Crippen LogP contribution in [0.25, 0.3) is 0 Å². The Morgan fingerprint density at radius 1 is 1.12 bits per heavy atom. The number of rotatable bonds is 3. The third kappa shape index (κ3) is 2.85. The zero-order valence-corrected chi connectivity index (χ0v) is 11.8. The van der Waals surface area contributed by atoms with Crippen LogP contribution >= 0.6 is 0 Å². The van der Waals surface area contributed by atoms with Gasteiger partial charge in [0.05, 0.1) is 0 Å². The molecule has 0 amide bonds. The van der Waals surface area contributed by atoms with E-state index in [1.165, 1.54) is 44.9 Å². The minimum Gasteiger partial charge on any atom is -0.271 e. The van der Waals surface area contributed by atoms with Gasteiger partial charge in [0.25, 0.3) is 0 Å². The van der Waals surface area contributed by atoms with Crippen LogP contribution < -0.4 is 11.3 Å². The zero-order chi connectivity index (χ0) is 12.5. The van der Waals surface area contributed by atoms with Gasteiger partial charge in [0, 0.05) is 6.04 Å². The Morgan fingerprint density at radius 3 is 2.24 bits per heavy atom. The van der Waals surface area contributed by atoms with E-state index in [4.69, 9.17) is 5.84 Å². The Hall–Kier alpha value is -0.0800. The molecular formula is C15H30N2. The van der Waals surface area contributed by atoms with Gasteiger partial charge in [-0.2, -0.15) is 0 Å². The van der Waals surface area contributed by atoms with E-state index in [0.29, 0.717) is 11.5 Å². The van der Waals surface area contributed by atoms with Gasteiger partial charge >= 0.3 is 0 Å². The summed E-state index contributed by atoms with van der Waals surface area (Å²) in [4.78, 5) is 0. The standard InChI is InChI=1S/C15H30N2/c1-11-6-8-12(9-7-11)14(17-16)13-5-4-10-15(13,2)3/h11-14,17H,4-10,16H2,1-3H3. The molecule has 0 aromatic carbocycles. The summed E-state index contributed by atoms with van der Waals surface area (Å²) < 4.78 is 0. The molecule has 2 fully saturated rings. The third-order valence-corrected chi connectivity index (χ3v) is 5.53. The minimum atomic E-state index is 0.486. The molecule has 0 bridgehead atoms. The van der Waals surface area contributed by atoms with Crippen molar-refractivity contribution in [3.05, 3.63) is 0 Å². The second-order valence-corrected chi connectivity index (χ2v) is 7.20. The summed E-state index contributed by atoms with van der Waals surface area (Å²) in [6, 6.07) is 0.556. The Kier molecular flexibility index (Phi) is 4.14. The molecule has 0 aliphatic heterocycles. The van der Waals surface area contributed by atoms with Crippen molar-refractivity contribution in [1.29, 1.82) is 0 Å². The van der Waals surface area contributed by atoms with Crippen molar-refractivity contribution in [2.45, 2.75) is 71.8 Å². The molecule has 0 aromatic rings. The molecule has 0 saturated heterocycles. The van der Waals surface area contributed by atoms with Crippen LogP contribution in [0.3, 0.4) is 0 Å². The van der Waals surface area contributed by atoms with Gasteiger partial charge in [-0.3, -0.25) is 11.3 Å². The first kappa shape index (κ1) is 13.4. The Morgan fingerprint density at radius 2 is 1.76 bits per heavy atom. The number of nitrogens with two attached hydrogens (primary N) is 1. The van der Waals surface area contributed by atoms with E-state index in [1.807, 2.05) is 0 Å². The molecule has 100 valence electrons. The molecule has 0 spiro atoms. The van der Waals surface area contributed by atoms with Crippen molar-refractivity contribution in [2.75, 3.05) is 0 Å². The van der Waals surface area contributed by atoms with Crippen LogP contribution in [0.4, 0.5) is 0 Å². The molecule has 2 saturated carbocycles. The quantitative estimate of drug-likeness (QED) is 0.583. The predicted molar refractivity (Wildman–Crippen MR) is 73.4 cm³/mol. The molecule has 0 heterocycles. The van der Waals surface area contributed by atoms with Crippen LogP contribution in [0.15, 0.2) is 0 Å². The minimum absolute atomic E-state index is 0.486. The van der Waals surface area contributed by atoms with Gasteiger partial charge < -0.3 is 0 Å². The number of hydrogen-bond donors (Lipinski definition) is 2. The molecule has 3 N–H and O–H groups in total. The highest BCUT2D eigenvalue weighted by Crippen LogP contribution is 2.47. The maximum Gasteiger partial charge on any atom is 0.0272 e. The van der Waals surface area contributed by atoms with Crippen molar-refractivity contribution >= 4 is 0 Å². The molecule has 0 radical (unpaired) electrons. The van der Waals surface area contributed by atoms with Gasteiger partial charge in [-0.25, -0.2) is 0 Å². The Balaban J connectivity index is 2.01. The lowest BCUT2D eigenvalue weighted by Gasteiger charge is -2.40. The largest absolute Gasteiger partial charge is 0.271 e. The molecule has 2 rings (SSSR count). The van der Waals surface area contributed by atoms with E-state index in [0.717, 1.165) is 17.8 Å². The summed E-state index contributed by atoms with van der Waals surface area (Å²) in [7, 11) is 0. The van der Waals surface area contributed by atoms with Gasteiger partial charge in [0.2, 0.25) is 0 Å². The van der Waals surface area contributed by atoms with Crippen molar-refractivity contribution in [2.24, 2.45) is 29.0 Å². The summed E-state index contributed by atoms with van der Waals surface area (Å²) in [6.45, 7) is 7.25.